The van der Waals surface area contributed by atoms with E-state index in [4.69, 9.17) is 0 Å². The number of hydrogen-bond donors (Lipinski definition) is 3. The third-order valence-electron chi connectivity index (χ3n) is 3.32. The second kappa shape index (κ2) is 5.30. The highest BCUT2D eigenvalue weighted by Gasteiger charge is 2.13. The zero-order valence-corrected chi connectivity index (χ0v) is 11.2. The van der Waals surface area contributed by atoms with Gasteiger partial charge in [-0.3, -0.25) is 4.98 Å². The molecule has 2 heterocycles. The minimum atomic E-state index is -0.180. The average Bonchev–Trinajstić information content (AvgIpc) is 2.84. The molecule has 0 fully saturated rings. The summed E-state index contributed by atoms with van der Waals surface area (Å²) in [6.07, 6.45) is 3.58. The Morgan fingerprint density at radius 2 is 1.85 bits per heavy atom. The zero-order valence-electron chi connectivity index (χ0n) is 11.2. The molecule has 0 aliphatic carbocycles. The summed E-state index contributed by atoms with van der Waals surface area (Å²) in [5.41, 5.74) is 3.73. The van der Waals surface area contributed by atoms with E-state index in [2.05, 4.69) is 27.2 Å². The molecule has 102 valence electrons. The number of benzene rings is 1. The fourth-order valence-electron chi connectivity index (χ4n) is 2.42. The van der Waals surface area contributed by atoms with E-state index in [1.165, 1.54) is 0 Å². The zero-order chi connectivity index (χ0) is 13.9. The monoisotopic (exact) mass is 268 g/mol. The first-order chi connectivity index (χ1) is 9.78. The summed E-state index contributed by atoms with van der Waals surface area (Å²) in [5, 5.41) is 3.46. The summed E-state index contributed by atoms with van der Waals surface area (Å²) in [7, 11) is 0. The van der Waals surface area contributed by atoms with E-state index in [0.717, 1.165) is 28.7 Å². The second-order valence-corrected chi connectivity index (χ2v) is 4.66. The predicted molar refractivity (Wildman–Crippen MR) is 78.7 cm³/mol. The molecule has 1 unspecified atom stereocenters. The van der Waals surface area contributed by atoms with Gasteiger partial charge >= 0.3 is 5.69 Å². The van der Waals surface area contributed by atoms with Gasteiger partial charge in [0.15, 0.2) is 0 Å². The number of aromatic nitrogens is 3. The summed E-state index contributed by atoms with van der Waals surface area (Å²) >= 11 is 0. The van der Waals surface area contributed by atoms with Crippen molar-refractivity contribution in [1.29, 1.82) is 0 Å². The van der Waals surface area contributed by atoms with Gasteiger partial charge in [-0.1, -0.05) is 13.0 Å². The Kier molecular flexibility index (Phi) is 3.35. The first-order valence-electron chi connectivity index (χ1n) is 6.63. The lowest BCUT2D eigenvalue weighted by atomic mass is 9.99. The van der Waals surface area contributed by atoms with Gasteiger partial charge < -0.3 is 15.3 Å². The van der Waals surface area contributed by atoms with Crippen molar-refractivity contribution in [2.24, 2.45) is 0 Å². The molecular weight excluding hydrogens is 252 g/mol. The minimum absolute atomic E-state index is 0.0887. The van der Waals surface area contributed by atoms with Crippen molar-refractivity contribution in [1.82, 2.24) is 20.3 Å². The summed E-state index contributed by atoms with van der Waals surface area (Å²) in [6.45, 7) is 2.93. The maximum atomic E-state index is 11.3. The number of fused-ring (bicyclic) bond motifs is 1. The Balaban J connectivity index is 2.07. The fourth-order valence-corrected chi connectivity index (χ4v) is 2.42. The highest BCUT2D eigenvalue weighted by Crippen LogP contribution is 2.23. The topological polar surface area (TPSA) is 73.6 Å². The van der Waals surface area contributed by atoms with Crippen molar-refractivity contribution < 1.29 is 0 Å². The van der Waals surface area contributed by atoms with Gasteiger partial charge in [-0.25, -0.2) is 4.79 Å². The number of aromatic amines is 2. The van der Waals surface area contributed by atoms with Gasteiger partial charge in [0.2, 0.25) is 0 Å². The van der Waals surface area contributed by atoms with Crippen LogP contribution in [0.4, 0.5) is 0 Å². The number of rotatable bonds is 4. The van der Waals surface area contributed by atoms with Gasteiger partial charge in [0.05, 0.1) is 17.1 Å². The lowest BCUT2D eigenvalue weighted by Crippen LogP contribution is -2.21. The first-order valence-corrected chi connectivity index (χ1v) is 6.63. The van der Waals surface area contributed by atoms with E-state index in [1.54, 1.807) is 12.4 Å². The summed E-state index contributed by atoms with van der Waals surface area (Å²) < 4.78 is 0. The smallest absolute Gasteiger partial charge is 0.307 e. The minimum Gasteiger partial charge on any atom is -0.307 e. The van der Waals surface area contributed by atoms with E-state index < -0.39 is 0 Å². The van der Waals surface area contributed by atoms with Crippen molar-refractivity contribution in [2.45, 2.75) is 13.0 Å². The van der Waals surface area contributed by atoms with Gasteiger partial charge in [-0.2, -0.15) is 0 Å². The average molecular weight is 268 g/mol. The lowest BCUT2D eigenvalue weighted by Gasteiger charge is -2.18. The number of hydrogen-bond acceptors (Lipinski definition) is 3. The van der Waals surface area contributed by atoms with Crippen molar-refractivity contribution in [2.75, 3.05) is 6.54 Å². The molecular formula is C15H16N4O. The Morgan fingerprint density at radius 3 is 2.60 bits per heavy atom. The number of H-pyrrole nitrogens is 2. The summed E-state index contributed by atoms with van der Waals surface area (Å²) in [5.74, 6) is 0. The summed E-state index contributed by atoms with van der Waals surface area (Å²) in [6, 6.07) is 10.0. The van der Waals surface area contributed by atoms with Crippen LogP contribution in [0.15, 0.2) is 47.5 Å². The molecule has 20 heavy (non-hydrogen) atoms. The lowest BCUT2D eigenvalue weighted by molar-refractivity contribution is 0.630. The largest absolute Gasteiger partial charge is 0.323 e. The van der Waals surface area contributed by atoms with Crippen LogP contribution in [-0.4, -0.2) is 21.5 Å². The standard InChI is InChI=1S/C15H16N4O/c1-2-17-14(10-5-7-16-8-6-10)11-3-4-12-13(9-11)19-15(20)18-12/h3-9,14,17H,2H2,1H3,(H2,18,19,20). The molecule has 5 heteroatoms. The Hall–Kier alpha value is -2.40. The highest BCUT2D eigenvalue weighted by atomic mass is 16.1. The maximum absolute atomic E-state index is 11.3. The fraction of sp³-hybridized carbons (Fsp3) is 0.200. The van der Waals surface area contributed by atoms with Crippen molar-refractivity contribution in [3.8, 4) is 0 Å². The Bertz CT molecular complexity index is 760. The first kappa shape index (κ1) is 12.6. The van der Waals surface area contributed by atoms with Crippen LogP contribution in [0.2, 0.25) is 0 Å². The molecule has 5 nitrogen and oxygen atoms in total. The van der Waals surface area contributed by atoms with E-state index in [0.29, 0.717) is 0 Å². The van der Waals surface area contributed by atoms with Crippen LogP contribution in [0.25, 0.3) is 11.0 Å². The van der Waals surface area contributed by atoms with Crippen LogP contribution in [0.3, 0.4) is 0 Å². The van der Waals surface area contributed by atoms with Crippen LogP contribution in [0, 0.1) is 0 Å². The van der Waals surface area contributed by atoms with Gasteiger partial charge in [0, 0.05) is 12.4 Å². The molecule has 0 amide bonds. The van der Waals surface area contributed by atoms with Crippen LogP contribution in [-0.2, 0) is 0 Å². The molecule has 3 rings (SSSR count). The van der Waals surface area contributed by atoms with Crippen molar-refractivity contribution in [3.05, 3.63) is 64.3 Å². The molecule has 0 aliphatic rings. The molecule has 3 aromatic rings. The van der Waals surface area contributed by atoms with Gasteiger partial charge in [-0.05, 0) is 41.9 Å². The number of nitrogens with zero attached hydrogens (tertiary/aromatic N) is 1. The highest BCUT2D eigenvalue weighted by molar-refractivity contribution is 5.75. The maximum Gasteiger partial charge on any atom is 0.323 e. The quantitative estimate of drug-likeness (QED) is 0.677. The van der Waals surface area contributed by atoms with Gasteiger partial charge in [0.1, 0.15) is 0 Å². The Morgan fingerprint density at radius 1 is 1.10 bits per heavy atom. The number of pyridine rings is 1. The number of imidazole rings is 1. The molecule has 1 aromatic carbocycles. The van der Waals surface area contributed by atoms with Crippen molar-refractivity contribution >= 4 is 11.0 Å². The van der Waals surface area contributed by atoms with E-state index >= 15 is 0 Å². The Labute approximate surface area is 116 Å². The third-order valence-corrected chi connectivity index (χ3v) is 3.32. The SMILES string of the molecule is CCNC(c1ccncc1)c1ccc2[nH]c(=O)[nH]c2c1. The molecule has 1 atom stereocenters. The van der Waals surface area contributed by atoms with Crippen LogP contribution in [0.5, 0.6) is 0 Å². The molecule has 3 N–H and O–H groups in total. The predicted octanol–water partition coefficient (Wildman–Crippen LogP) is 1.95. The molecule has 2 aromatic heterocycles. The van der Waals surface area contributed by atoms with E-state index in [-0.39, 0.29) is 11.7 Å². The van der Waals surface area contributed by atoms with Crippen LogP contribution in [0.1, 0.15) is 24.1 Å². The van der Waals surface area contributed by atoms with E-state index in [9.17, 15) is 4.79 Å². The molecule has 0 aliphatic heterocycles. The van der Waals surface area contributed by atoms with Crippen molar-refractivity contribution in [3.63, 3.8) is 0 Å². The molecule has 0 spiro atoms. The third kappa shape index (κ3) is 2.35. The molecule has 0 saturated heterocycles. The summed E-state index contributed by atoms with van der Waals surface area (Å²) in [4.78, 5) is 20.9. The molecule has 0 saturated carbocycles. The number of nitrogens with one attached hydrogen (secondary N) is 3. The van der Waals surface area contributed by atoms with Crippen LogP contribution >= 0.6 is 0 Å². The van der Waals surface area contributed by atoms with Crippen LogP contribution < -0.4 is 11.0 Å². The van der Waals surface area contributed by atoms with Gasteiger partial charge in [0.25, 0.3) is 0 Å². The molecule has 0 bridgehead atoms. The van der Waals surface area contributed by atoms with Gasteiger partial charge in [-0.15, -0.1) is 0 Å². The second-order valence-electron chi connectivity index (χ2n) is 4.66. The normalized spacial score (nSPS) is 12.7. The molecule has 0 radical (unpaired) electrons. The van der Waals surface area contributed by atoms with E-state index in [1.807, 2.05) is 30.3 Å².